The number of aromatic nitrogens is 1. The fourth-order valence-corrected chi connectivity index (χ4v) is 3.20. The van der Waals surface area contributed by atoms with Crippen molar-refractivity contribution in [2.45, 2.75) is 30.4 Å². The summed E-state index contributed by atoms with van der Waals surface area (Å²) in [6.45, 7) is 5.86. The molecule has 0 aromatic carbocycles. The number of carbonyl (C=O) groups is 1. The van der Waals surface area contributed by atoms with Gasteiger partial charge in [0.2, 0.25) is 0 Å². The Morgan fingerprint density at radius 1 is 1.60 bits per heavy atom. The molecule has 0 aliphatic rings. The van der Waals surface area contributed by atoms with E-state index in [-0.39, 0.29) is 17.1 Å². The zero-order chi connectivity index (χ0) is 11.4. The zero-order valence-corrected chi connectivity index (χ0v) is 10.9. The minimum atomic E-state index is -0.164. The number of hydrogen-bond acceptors (Lipinski definition) is 5. The molecule has 84 valence electrons. The number of aryl methyl sites for hydroxylation is 1. The van der Waals surface area contributed by atoms with Crippen molar-refractivity contribution in [3.8, 4) is 0 Å². The van der Waals surface area contributed by atoms with E-state index in [1.165, 1.54) is 7.11 Å². The summed E-state index contributed by atoms with van der Waals surface area (Å²) in [4.78, 5) is 15.6. The molecule has 1 aromatic heterocycles. The summed E-state index contributed by atoms with van der Waals surface area (Å²) in [7, 11) is 1.42. The summed E-state index contributed by atoms with van der Waals surface area (Å²) in [6, 6.07) is 0. The lowest BCUT2D eigenvalue weighted by molar-refractivity contribution is -0.144. The number of methoxy groups -OCH3 is 1. The molecule has 0 fully saturated rings. The Labute approximate surface area is 98.2 Å². The molecule has 15 heavy (non-hydrogen) atoms. The molecule has 5 heteroatoms. The monoisotopic (exact) mass is 245 g/mol. The van der Waals surface area contributed by atoms with Crippen LogP contribution in [0.15, 0.2) is 9.72 Å². The molecule has 2 unspecified atom stereocenters. The topological polar surface area (TPSA) is 39.2 Å². The Balaban J connectivity index is 2.55. The lowest BCUT2D eigenvalue weighted by Gasteiger charge is -2.15. The molecule has 0 radical (unpaired) electrons. The highest BCUT2D eigenvalue weighted by Gasteiger charge is 2.22. The SMILES string of the molecule is COC(=O)C(C)C(C)Sc1nc(C)cs1. The average Bonchev–Trinajstić information content (AvgIpc) is 2.61. The molecule has 1 rings (SSSR count). The van der Waals surface area contributed by atoms with E-state index >= 15 is 0 Å². The predicted molar refractivity (Wildman–Crippen MR) is 63.4 cm³/mol. The molecule has 3 nitrogen and oxygen atoms in total. The van der Waals surface area contributed by atoms with Gasteiger partial charge in [-0.05, 0) is 6.92 Å². The fourth-order valence-electron chi connectivity index (χ4n) is 1.03. The quantitative estimate of drug-likeness (QED) is 0.604. The van der Waals surface area contributed by atoms with Crippen molar-refractivity contribution < 1.29 is 9.53 Å². The molecule has 1 heterocycles. The average molecular weight is 245 g/mol. The van der Waals surface area contributed by atoms with E-state index in [0.29, 0.717) is 0 Å². The minimum Gasteiger partial charge on any atom is -0.469 e. The van der Waals surface area contributed by atoms with E-state index in [1.54, 1.807) is 23.1 Å². The van der Waals surface area contributed by atoms with Gasteiger partial charge in [0.15, 0.2) is 0 Å². The molecular weight excluding hydrogens is 230 g/mol. The third kappa shape index (κ3) is 3.50. The van der Waals surface area contributed by atoms with Gasteiger partial charge in [-0.3, -0.25) is 4.79 Å². The summed E-state index contributed by atoms with van der Waals surface area (Å²) < 4.78 is 5.72. The van der Waals surface area contributed by atoms with Crippen LogP contribution in [0.4, 0.5) is 0 Å². The van der Waals surface area contributed by atoms with Crippen LogP contribution in [-0.2, 0) is 9.53 Å². The van der Waals surface area contributed by atoms with Gasteiger partial charge in [-0.15, -0.1) is 11.3 Å². The first kappa shape index (κ1) is 12.5. The van der Waals surface area contributed by atoms with Gasteiger partial charge in [0.25, 0.3) is 0 Å². The van der Waals surface area contributed by atoms with E-state index in [0.717, 1.165) is 10.0 Å². The maximum atomic E-state index is 11.3. The molecule has 1 aromatic rings. The smallest absolute Gasteiger partial charge is 0.309 e. The van der Waals surface area contributed by atoms with Gasteiger partial charge in [-0.1, -0.05) is 25.6 Å². The molecule has 0 saturated carbocycles. The molecule has 0 N–H and O–H groups in total. The van der Waals surface area contributed by atoms with Crippen LogP contribution in [-0.4, -0.2) is 23.3 Å². The Morgan fingerprint density at radius 2 is 2.27 bits per heavy atom. The maximum absolute atomic E-state index is 11.3. The van der Waals surface area contributed by atoms with Crippen LogP contribution in [0.3, 0.4) is 0 Å². The molecule has 2 atom stereocenters. The number of esters is 1. The first-order valence-electron chi connectivity index (χ1n) is 4.71. The van der Waals surface area contributed by atoms with Gasteiger partial charge in [-0.25, -0.2) is 4.98 Å². The molecule has 0 saturated heterocycles. The number of hydrogen-bond donors (Lipinski definition) is 0. The first-order valence-corrected chi connectivity index (χ1v) is 6.47. The number of carbonyl (C=O) groups excluding carboxylic acids is 1. The van der Waals surface area contributed by atoms with Crippen molar-refractivity contribution in [1.29, 1.82) is 0 Å². The summed E-state index contributed by atoms with van der Waals surface area (Å²) in [5, 5.41) is 2.20. The fraction of sp³-hybridized carbons (Fsp3) is 0.600. The largest absolute Gasteiger partial charge is 0.469 e. The van der Waals surface area contributed by atoms with Crippen LogP contribution >= 0.6 is 23.1 Å². The Bertz CT molecular complexity index is 338. The van der Waals surface area contributed by atoms with Crippen molar-refractivity contribution in [2.75, 3.05) is 7.11 Å². The van der Waals surface area contributed by atoms with Crippen LogP contribution in [0.5, 0.6) is 0 Å². The minimum absolute atomic E-state index is 0.107. The first-order chi connectivity index (χ1) is 7.04. The Kier molecular flexibility index (Phi) is 4.60. The molecule has 0 aliphatic heterocycles. The Morgan fingerprint density at radius 3 is 2.73 bits per heavy atom. The highest BCUT2D eigenvalue weighted by atomic mass is 32.2. The number of rotatable bonds is 4. The normalized spacial score (nSPS) is 14.7. The van der Waals surface area contributed by atoms with Crippen molar-refractivity contribution in [1.82, 2.24) is 4.98 Å². The maximum Gasteiger partial charge on any atom is 0.309 e. The number of nitrogens with zero attached hydrogens (tertiary/aromatic N) is 1. The van der Waals surface area contributed by atoms with Gasteiger partial charge < -0.3 is 4.74 Å². The van der Waals surface area contributed by atoms with Crippen LogP contribution in [0.2, 0.25) is 0 Å². The van der Waals surface area contributed by atoms with Gasteiger partial charge in [0, 0.05) is 16.3 Å². The summed E-state index contributed by atoms with van der Waals surface area (Å²) in [5.74, 6) is -0.271. The second-order valence-corrected chi connectivity index (χ2v) is 5.87. The van der Waals surface area contributed by atoms with Crippen LogP contribution < -0.4 is 0 Å². The van der Waals surface area contributed by atoms with Gasteiger partial charge >= 0.3 is 5.97 Å². The van der Waals surface area contributed by atoms with Crippen molar-refractivity contribution in [2.24, 2.45) is 5.92 Å². The molecular formula is C10H15NO2S2. The second kappa shape index (κ2) is 5.51. The number of thioether (sulfide) groups is 1. The van der Waals surface area contributed by atoms with E-state index in [9.17, 15) is 4.79 Å². The molecule has 0 aliphatic carbocycles. The van der Waals surface area contributed by atoms with Crippen LogP contribution in [0.1, 0.15) is 19.5 Å². The number of thiazole rings is 1. The van der Waals surface area contributed by atoms with Crippen LogP contribution in [0, 0.1) is 12.8 Å². The summed E-state index contributed by atoms with van der Waals surface area (Å²) in [6.07, 6.45) is 0. The van der Waals surface area contributed by atoms with Gasteiger partial charge in [0.1, 0.15) is 4.34 Å². The Hall–Kier alpha value is -0.550. The van der Waals surface area contributed by atoms with E-state index < -0.39 is 0 Å². The van der Waals surface area contributed by atoms with Gasteiger partial charge in [-0.2, -0.15) is 0 Å². The van der Waals surface area contributed by atoms with Crippen molar-refractivity contribution in [3.05, 3.63) is 11.1 Å². The van der Waals surface area contributed by atoms with Gasteiger partial charge in [0.05, 0.1) is 13.0 Å². The standard InChI is InChI=1S/C10H15NO2S2/c1-6-5-14-10(11-6)15-8(3)7(2)9(12)13-4/h5,7-8H,1-4H3. The van der Waals surface area contributed by atoms with E-state index in [1.807, 2.05) is 26.2 Å². The summed E-state index contributed by atoms with van der Waals surface area (Å²) in [5.41, 5.74) is 1.03. The third-order valence-electron chi connectivity index (χ3n) is 2.16. The zero-order valence-electron chi connectivity index (χ0n) is 9.31. The second-order valence-electron chi connectivity index (χ2n) is 3.39. The molecule has 0 spiro atoms. The molecule has 0 bridgehead atoms. The summed E-state index contributed by atoms with van der Waals surface area (Å²) >= 11 is 3.24. The van der Waals surface area contributed by atoms with Crippen LogP contribution in [0.25, 0.3) is 0 Å². The highest BCUT2D eigenvalue weighted by Crippen LogP contribution is 2.30. The molecule has 0 amide bonds. The number of ether oxygens (including phenoxy) is 1. The van der Waals surface area contributed by atoms with Crippen molar-refractivity contribution >= 4 is 29.1 Å². The third-order valence-corrected chi connectivity index (χ3v) is 4.56. The highest BCUT2D eigenvalue weighted by molar-refractivity contribution is 8.01. The lowest BCUT2D eigenvalue weighted by atomic mass is 10.1. The van der Waals surface area contributed by atoms with E-state index in [2.05, 4.69) is 4.98 Å². The van der Waals surface area contributed by atoms with Crippen molar-refractivity contribution in [3.63, 3.8) is 0 Å². The lowest BCUT2D eigenvalue weighted by Crippen LogP contribution is -2.21. The predicted octanol–water partition coefficient (Wildman–Crippen LogP) is 2.74. The van der Waals surface area contributed by atoms with E-state index in [4.69, 9.17) is 4.74 Å².